The summed E-state index contributed by atoms with van der Waals surface area (Å²) in [6.07, 6.45) is 6.16. The molecule has 1 fully saturated rings. The van der Waals surface area contributed by atoms with Crippen LogP contribution in [0.1, 0.15) is 57.1 Å². The van der Waals surface area contributed by atoms with E-state index in [4.69, 9.17) is 4.74 Å². The van der Waals surface area contributed by atoms with E-state index in [0.29, 0.717) is 24.3 Å². The number of anilines is 1. The maximum Gasteiger partial charge on any atom is 0.244 e. The third kappa shape index (κ3) is 7.47. The molecule has 0 unspecified atom stereocenters. The Kier molecular flexibility index (Phi) is 9.97. The number of carbonyl (C=O) groups is 2. The number of nitrogens with one attached hydrogen (secondary N) is 1. The van der Waals surface area contributed by atoms with Gasteiger partial charge in [-0.15, -0.1) is 0 Å². The fraction of sp³-hybridized carbons (Fsp3) is 0.500. The minimum atomic E-state index is -3.76. The number of rotatable bonds is 12. The first-order valence-electron chi connectivity index (χ1n) is 13.0. The van der Waals surface area contributed by atoms with Crippen molar-refractivity contribution in [2.75, 3.05) is 24.2 Å². The number of methoxy groups -OCH3 is 1. The summed E-state index contributed by atoms with van der Waals surface area (Å²) in [4.78, 5) is 28.7. The summed E-state index contributed by atoms with van der Waals surface area (Å²) in [5, 5.41) is 3.12. The summed E-state index contributed by atoms with van der Waals surface area (Å²) in [7, 11) is -2.18. The van der Waals surface area contributed by atoms with E-state index in [2.05, 4.69) is 5.32 Å². The van der Waals surface area contributed by atoms with Gasteiger partial charge in [0.2, 0.25) is 21.8 Å². The van der Waals surface area contributed by atoms with Crippen LogP contribution in [0.25, 0.3) is 0 Å². The molecule has 0 radical (unpaired) electrons. The number of ether oxygens (including phenoxy) is 1. The third-order valence-electron chi connectivity index (χ3n) is 6.92. The van der Waals surface area contributed by atoms with Crippen molar-refractivity contribution in [3.63, 3.8) is 0 Å². The molecule has 1 aliphatic rings. The molecule has 202 valence electrons. The second kappa shape index (κ2) is 12.9. The molecule has 9 heteroatoms. The summed E-state index contributed by atoms with van der Waals surface area (Å²) in [6.45, 7) is 3.59. The Labute approximate surface area is 221 Å². The van der Waals surface area contributed by atoms with Crippen LogP contribution in [-0.4, -0.2) is 57.1 Å². The van der Waals surface area contributed by atoms with Gasteiger partial charge in [-0.05, 0) is 55.0 Å². The van der Waals surface area contributed by atoms with E-state index in [-0.39, 0.29) is 25.0 Å². The summed E-state index contributed by atoms with van der Waals surface area (Å²) >= 11 is 0. The lowest BCUT2D eigenvalue weighted by Gasteiger charge is -2.33. The van der Waals surface area contributed by atoms with Gasteiger partial charge in [-0.3, -0.25) is 13.9 Å². The number of amides is 2. The molecule has 0 aliphatic heterocycles. The minimum absolute atomic E-state index is 0.114. The molecule has 0 spiro atoms. The molecular weight excluding hydrogens is 490 g/mol. The highest BCUT2D eigenvalue weighted by atomic mass is 32.2. The number of para-hydroxylation sites is 1. The van der Waals surface area contributed by atoms with Crippen molar-refractivity contribution in [3.8, 4) is 5.75 Å². The zero-order valence-electron chi connectivity index (χ0n) is 22.3. The molecular formula is C28H39N3O5S. The third-order valence-corrected chi connectivity index (χ3v) is 8.05. The van der Waals surface area contributed by atoms with Gasteiger partial charge in [-0.1, -0.05) is 57.0 Å². The fourth-order valence-corrected chi connectivity index (χ4v) is 5.74. The zero-order valence-corrected chi connectivity index (χ0v) is 23.1. The zero-order chi connectivity index (χ0) is 27.0. The minimum Gasteiger partial charge on any atom is -0.497 e. The lowest BCUT2D eigenvalue weighted by Crippen LogP contribution is -2.53. The molecule has 3 rings (SSSR count). The van der Waals surface area contributed by atoms with Crippen molar-refractivity contribution < 1.29 is 22.7 Å². The largest absolute Gasteiger partial charge is 0.497 e. The molecule has 1 atom stereocenters. The topological polar surface area (TPSA) is 96.0 Å². The molecule has 0 saturated heterocycles. The Balaban J connectivity index is 1.94. The second-order valence-electron chi connectivity index (χ2n) is 9.54. The number of nitrogens with zero attached hydrogens (tertiary/aromatic N) is 2. The van der Waals surface area contributed by atoms with Gasteiger partial charge < -0.3 is 15.0 Å². The van der Waals surface area contributed by atoms with Crippen molar-refractivity contribution in [3.05, 3.63) is 59.7 Å². The molecule has 1 saturated carbocycles. The van der Waals surface area contributed by atoms with Crippen LogP contribution >= 0.6 is 0 Å². The normalized spacial score (nSPS) is 14.7. The molecule has 8 nitrogen and oxygen atoms in total. The van der Waals surface area contributed by atoms with Crippen molar-refractivity contribution in [2.24, 2.45) is 0 Å². The first-order valence-corrected chi connectivity index (χ1v) is 14.8. The Morgan fingerprint density at radius 2 is 1.70 bits per heavy atom. The van der Waals surface area contributed by atoms with E-state index < -0.39 is 22.0 Å². The first kappa shape index (κ1) is 28.5. The van der Waals surface area contributed by atoms with Gasteiger partial charge in [0.25, 0.3) is 0 Å². The Morgan fingerprint density at radius 1 is 1.05 bits per heavy atom. The highest BCUT2D eigenvalue weighted by Crippen LogP contribution is 2.25. The lowest BCUT2D eigenvalue weighted by molar-refractivity contribution is -0.140. The van der Waals surface area contributed by atoms with Gasteiger partial charge in [-0.2, -0.15) is 0 Å². The van der Waals surface area contributed by atoms with E-state index in [1.54, 1.807) is 31.4 Å². The molecule has 0 aromatic heterocycles. The summed E-state index contributed by atoms with van der Waals surface area (Å²) in [5.41, 5.74) is 2.13. The van der Waals surface area contributed by atoms with E-state index in [1.165, 1.54) is 4.90 Å². The number of carbonyl (C=O) groups excluding carboxylic acids is 2. The van der Waals surface area contributed by atoms with Gasteiger partial charge in [-0.25, -0.2) is 8.42 Å². The second-order valence-corrected chi connectivity index (χ2v) is 11.4. The number of sulfonamides is 1. The van der Waals surface area contributed by atoms with Crippen molar-refractivity contribution in [1.29, 1.82) is 0 Å². The lowest BCUT2D eigenvalue weighted by atomic mass is 10.1. The first-order chi connectivity index (χ1) is 17.7. The quantitative estimate of drug-likeness (QED) is 0.450. The van der Waals surface area contributed by atoms with Crippen LogP contribution in [0.2, 0.25) is 0 Å². The van der Waals surface area contributed by atoms with Crippen LogP contribution in [0.4, 0.5) is 5.69 Å². The highest BCUT2D eigenvalue weighted by Gasteiger charge is 2.33. The van der Waals surface area contributed by atoms with E-state index in [0.717, 1.165) is 47.4 Å². The fourth-order valence-electron chi connectivity index (χ4n) is 4.86. The van der Waals surface area contributed by atoms with Crippen molar-refractivity contribution in [1.82, 2.24) is 10.2 Å². The highest BCUT2D eigenvalue weighted by molar-refractivity contribution is 7.92. The van der Waals surface area contributed by atoms with Gasteiger partial charge in [0.1, 0.15) is 18.3 Å². The predicted octanol–water partition coefficient (Wildman–Crippen LogP) is 3.89. The van der Waals surface area contributed by atoms with Crippen LogP contribution in [0.5, 0.6) is 5.75 Å². The van der Waals surface area contributed by atoms with Gasteiger partial charge in [0, 0.05) is 12.6 Å². The smallest absolute Gasteiger partial charge is 0.244 e. The molecule has 2 amide bonds. The number of benzene rings is 2. The Hall–Kier alpha value is -3.07. The average molecular weight is 530 g/mol. The summed E-state index contributed by atoms with van der Waals surface area (Å²) in [5.74, 6) is 0.0590. The summed E-state index contributed by atoms with van der Waals surface area (Å²) < 4.78 is 32.1. The number of hydrogen-bond acceptors (Lipinski definition) is 5. The molecule has 2 aromatic rings. The van der Waals surface area contributed by atoms with E-state index >= 15 is 0 Å². The van der Waals surface area contributed by atoms with Gasteiger partial charge >= 0.3 is 0 Å². The summed E-state index contributed by atoms with van der Waals surface area (Å²) in [6, 6.07) is 13.9. The van der Waals surface area contributed by atoms with E-state index in [9.17, 15) is 18.0 Å². The van der Waals surface area contributed by atoms with E-state index in [1.807, 2.05) is 38.1 Å². The van der Waals surface area contributed by atoms with Crippen LogP contribution in [0.15, 0.2) is 48.5 Å². The number of hydrogen-bond donors (Lipinski definition) is 1. The molecule has 37 heavy (non-hydrogen) atoms. The van der Waals surface area contributed by atoms with Crippen molar-refractivity contribution >= 4 is 27.5 Å². The van der Waals surface area contributed by atoms with Crippen LogP contribution in [-0.2, 0) is 32.6 Å². The predicted molar refractivity (Wildman–Crippen MR) is 146 cm³/mol. The Morgan fingerprint density at radius 3 is 2.27 bits per heavy atom. The molecule has 1 aliphatic carbocycles. The monoisotopic (exact) mass is 529 g/mol. The van der Waals surface area contributed by atoms with Gasteiger partial charge in [0.05, 0.1) is 19.1 Å². The average Bonchev–Trinajstić information content (AvgIpc) is 3.39. The Bertz CT molecular complexity index is 1160. The van der Waals surface area contributed by atoms with Gasteiger partial charge in [0.15, 0.2) is 0 Å². The van der Waals surface area contributed by atoms with Crippen molar-refractivity contribution in [2.45, 2.75) is 71.0 Å². The molecule has 1 N–H and O–H groups in total. The van der Waals surface area contributed by atoms with Crippen LogP contribution in [0.3, 0.4) is 0 Å². The molecule has 2 aromatic carbocycles. The van der Waals surface area contributed by atoms with Crippen LogP contribution in [0, 0.1) is 0 Å². The number of aryl methyl sites for hydroxylation is 1. The molecule has 0 heterocycles. The standard InChI is InChI=1S/C28H39N3O5S/c1-5-22-11-7-10-14-26(22)31(37(4,34)35)20-27(32)30(19-21-15-17-24(36-3)18-16-21)25(6-2)28(33)29-23-12-8-9-13-23/h7,10-11,14-18,23,25H,5-6,8-9,12-13,19-20H2,1-4H3,(H,29,33)/t25-/m1/s1. The SMILES string of the molecule is CCc1ccccc1N(CC(=O)N(Cc1ccc(OC)cc1)[C@H](CC)C(=O)NC1CCCC1)S(C)(=O)=O. The maximum absolute atomic E-state index is 13.9. The van der Waals surface area contributed by atoms with Crippen LogP contribution < -0.4 is 14.4 Å². The molecule has 0 bridgehead atoms. The maximum atomic E-state index is 13.9.